The Bertz CT molecular complexity index is 312. The third-order valence-electron chi connectivity index (χ3n) is 1.84. The fourth-order valence-electron chi connectivity index (χ4n) is 0.812. The molecule has 6 heteroatoms. The number of nitrogens with zero attached hydrogens (tertiary/aromatic N) is 3. The number of hydrogen-bond donors (Lipinski definition) is 1. The molecule has 6 nitrogen and oxygen atoms in total. The molecule has 0 saturated carbocycles. The van der Waals surface area contributed by atoms with E-state index < -0.39 is 4.92 Å². The van der Waals surface area contributed by atoms with Crippen molar-refractivity contribution in [3.05, 3.63) is 22.5 Å². The van der Waals surface area contributed by atoms with Crippen LogP contribution in [0.3, 0.4) is 0 Å². The Balaban J connectivity index is 2.68. The molecule has 0 spiro atoms. The highest BCUT2D eigenvalue weighted by molar-refractivity contribution is 5.31. The highest BCUT2D eigenvalue weighted by atomic mass is 16.6. The summed E-state index contributed by atoms with van der Waals surface area (Å²) in [7, 11) is 0. The number of rotatable bonds is 4. The van der Waals surface area contributed by atoms with Gasteiger partial charge in [-0.25, -0.2) is 9.97 Å². The maximum atomic E-state index is 10.3. The van der Waals surface area contributed by atoms with Crippen LogP contribution in [0.15, 0.2) is 12.4 Å². The van der Waals surface area contributed by atoms with E-state index in [0.717, 1.165) is 6.42 Å². The van der Waals surface area contributed by atoms with Crippen molar-refractivity contribution < 1.29 is 4.92 Å². The lowest BCUT2D eigenvalue weighted by atomic mass is 10.3. The van der Waals surface area contributed by atoms with Crippen molar-refractivity contribution in [2.75, 3.05) is 5.32 Å². The Morgan fingerprint density at radius 1 is 1.57 bits per heavy atom. The standard InChI is InChI=1S/C8H12N4O2/c1-3-6(2)11-8-9-4-7(5-10-8)12(13)14/h4-6H,3H2,1-2H3,(H,9,10,11). The van der Waals surface area contributed by atoms with Crippen molar-refractivity contribution in [3.8, 4) is 0 Å². The van der Waals surface area contributed by atoms with Crippen LogP contribution in [0.4, 0.5) is 11.6 Å². The van der Waals surface area contributed by atoms with E-state index in [9.17, 15) is 10.1 Å². The van der Waals surface area contributed by atoms with Gasteiger partial charge in [0.25, 0.3) is 0 Å². The van der Waals surface area contributed by atoms with E-state index in [4.69, 9.17) is 0 Å². The SMILES string of the molecule is CCC(C)Nc1ncc([N+](=O)[O-])cn1. The summed E-state index contributed by atoms with van der Waals surface area (Å²) in [5, 5.41) is 13.3. The average Bonchev–Trinajstić information content (AvgIpc) is 2.18. The van der Waals surface area contributed by atoms with Gasteiger partial charge in [-0.15, -0.1) is 0 Å². The molecule has 1 aromatic rings. The molecule has 1 rings (SSSR count). The first-order chi connectivity index (χ1) is 6.63. The number of aromatic nitrogens is 2. The molecule has 0 saturated heterocycles. The number of anilines is 1. The lowest BCUT2D eigenvalue weighted by Crippen LogP contribution is -2.15. The molecule has 1 heterocycles. The maximum absolute atomic E-state index is 10.3. The minimum atomic E-state index is -0.521. The second-order valence-electron chi connectivity index (χ2n) is 2.98. The lowest BCUT2D eigenvalue weighted by Gasteiger charge is -2.09. The summed E-state index contributed by atoms with van der Waals surface area (Å²) in [4.78, 5) is 17.4. The molecule has 14 heavy (non-hydrogen) atoms. The fraction of sp³-hybridized carbons (Fsp3) is 0.500. The van der Waals surface area contributed by atoms with Gasteiger partial charge in [-0.3, -0.25) is 10.1 Å². The minimum absolute atomic E-state index is 0.0975. The zero-order chi connectivity index (χ0) is 10.6. The van der Waals surface area contributed by atoms with Crippen molar-refractivity contribution in [2.24, 2.45) is 0 Å². The minimum Gasteiger partial charge on any atom is -0.352 e. The normalized spacial score (nSPS) is 12.1. The molecule has 76 valence electrons. The van der Waals surface area contributed by atoms with Crippen LogP contribution in [0.5, 0.6) is 0 Å². The smallest absolute Gasteiger partial charge is 0.305 e. The first-order valence-electron chi connectivity index (χ1n) is 4.36. The number of nitrogens with one attached hydrogen (secondary N) is 1. The van der Waals surface area contributed by atoms with E-state index in [2.05, 4.69) is 15.3 Å². The Kier molecular flexibility index (Phi) is 3.33. The first-order valence-corrected chi connectivity index (χ1v) is 4.36. The van der Waals surface area contributed by atoms with Gasteiger partial charge in [0.15, 0.2) is 0 Å². The monoisotopic (exact) mass is 196 g/mol. The summed E-state index contributed by atoms with van der Waals surface area (Å²) < 4.78 is 0. The average molecular weight is 196 g/mol. The number of nitro groups is 1. The molecule has 0 amide bonds. The van der Waals surface area contributed by atoms with Gasteiger partial charge in [-0.05, 0) is 13.3 Å². The van der Waals surface area contributed by atoms with Gasteiger partial charge in [0.2, 0.25) is 5.95 Å². The molecule has 0 aliphatic carbocycles. The highest BCUT2D eigenvalue weighted by Gasteiger charge is 2.07. The molecule has 0 aliphatic heterocycles. The van der Waals surface area contributed by atoms with Crippen LogP contribution in [0.25, 0.3) is 0 Å². The van der Waals surface area contributed by atoms with E-state index in [0.29, 0.717) is 5.95 Å². The molecule has 1 unspecified atom stereocenters. The fourth-order valence-corrected chi connectivity index (χ4v) is 0.812. The molecular weight excluding hydrogens is 184 g/mol. The molecule has 0 radical (unpaired) electrons. The predicted molar refractivity (Wildman–Crippen MR) is 52.1 cm³/mol. The quantitative estimate of drug-likeness (QED) is 0.584. The van der Waals surface area contributed by atoms with Crippen LogP contribution in [0.1, 0.15) is 20.3 Å². The summed E-state index contributed by atoms with van der Waals surface area (Å²) in [5.74, 6) is 0.421. The molecule has 1 atom stereocenters. The second kappa shape index (κ2) is 4.50. The van der Waals surface area contributed by atoms with Gasteiger partial charge in [-0.1, -0.05) is 6.92 Å². The maximum Gasteiger partial charge on any atom is 0.305 e. The molecule has 1 aromatic heterocycles. The lowest BCUT2D eigenvalue weighted by molar-refractivity contribution is -0.385. The van der Waals surface area contributed by atoms with E-state index in [1.165, 1.54) is 12.4 Å². The van der Waals surface area contributed by atoms with Crippen LogP contribution >= 0.6 is 0 Å². The molecular formula is C8H12N4O2. The summed E-state index contributed by atoms with van der Waals surface area (Å²) in [6, 6.07) is 0.261. The highest BCUT2D eigenvalue weighted by Crippen LogP contribution is 2.09. The zero-order valence-electron chi connectivity index (χ0n) is 8.10. The summed E-state index contributed by atoms with van der Waals surface area (Å²) in [5.41, 5.74) is -0.0975. The van der Waals surface area contributed by atoms with E-state index >= 15 is 0 Å². The summed E-state index contributed by atoms with van der Waals surface area (Å²) in [6.45, 7) is 4.02. The zero-order valence-corrected chi connectivity index (χ0v) is 8.10. The third-order valence-corrected chi connectivity index (χ3v) is 1.84. The van der Waals surface area contributed by atoms with Gasteiger partial charge < -0.3 is 5.32 Å². The molecule has 0 aromatic carbocycles. The van der Waals surface area contributed by atoms with Gasteiger partial charge in [0.05, 0.1) is 4.92 Å². The Hall–Kier alpha value is -1.72. The number of hydrogen-bond acceptors (Lipinski definition) is 5. The summed E-state index contributed by atoms with van der Waals surface area (Å²) >= 11 is 0. The van der Waals surface area contributed by atoms with Crippen LogP contribution in [-0.2, 0) is 0 Å². The molecule has 0 bridgehead atoms. The van der Waals surface area contributed by atoms with Crippen LogP contribution in [0.2, 0.25) is 0 Å². The second-order valence-corrected chi connectivity index (χ2v) is 2.98. The summed E-state index contributed by atoms with van der Waals surface area (Å²) in [6.07, 6.45) is 3.33. The first kappa shape index (κ1) is 10.4. The topological polar surface area (TPSA) is 81.0 Å². The predicted octanol–water partition coefficient (Wildman–Crippen LogP) is 1.60. The van der Waals surface area contributed by atoms with Gasteiger partial charge in [-0.2, -0.15) is 0 Å². The van der Waals surface area contributed by atoms with E-state index in [-0.39, 0.29) is 11.7 Å². The van der Waals surface area contributed by atoms with Gasteiger partial charge in [0, 0.05) is 6.04 Å². The molecule has 0 fully saturated rings. The van der Waals surface area contributed by atoms with E-state index in [1.54, 1.807) is 0 Å². The molecule has 0 aliphatic rings. The van der Waals surface area contributed by atoms with E-state index in [1.807, 2.05) is 13.8 Å². The van der Waals surface area contributed by atoms with Gasteiger partial charge in [0.1, 0.15) is 12.4 Å². The van der Waals surface area contributed by atoms with Crippen molar-refractivity contribution in [1.29, 1.82) is 0 Å². The van der Waals surface area contributed by atoms with Crippen LogP contribution in [-0.4, -0.2) is 20.9 Å². The van der Waals surface area contributed by atoms with Crippen molar-refractivity contribution in [2.45, 2.75) is 26.3 Å². The third kappa shape index (κ3) is 2.65. The van der Waals surface area contributed by atoms with Gasteiger partial charge >= 0.3 is 5.69 Å². The Labute approximate surface area is 81.5 Å². The Morgan fingerprint density at radius 2 is 2.14 bits per heavy atom. The molecule has 1 N–H and O–H groups in total. The van der Waals surface area contributed by atoms with Crippen molar-refractivity contribution in [1.82, 2.24) is 9.97 Å². The van der Waals surface area contributed by atoms with Crippen molar-refractivity contribution >= 4 is 11.6 Å². The largest absolute Gasteiger partial charge is 0.352 e. The van der Waals surface area contributed by atoms with Crippen molar-refractivity contribution in [3.63, 3.8) is 0 Å². The van der Waals surface area contributed by atoms with Crippen LogP contribution in [0, 0.1) is 10.1 Å². The van der Waals surface area contributed by atoms with Crippen LogP contribution < -0.4 is 5.32 Å². The Morgan fingerprint density at radius 3 is 2.57 bits per heavy atom.